The summed E-state index contributed by atoms with van der Waals surface area (Å²) in [5.74, 6) is 1.43. The summed E-state index contributed by atoms with van der Waals surface area (Å²) in [6.45, 7) is 4.32. The Morgan fingerprint density at radius 2 is 2.05 bits per heavy atom. The van der Waals surface area contributed by atoms with E-state index in [9.17, 15) is 5.11 Å². The summed E-state index contributed by atoms with van der Waals surface area (Å²) in [4.78, 5) is 4.21. The molecule has 1 aromatic carbocycles. The normalized spacial score (nSPS) is 12.4. The Hall–Kier alpha value is -1.46. The monoisotopic (exact) mass is 292 g/mol. The van der Waals surface area contributed by atoms with E-state index in [4.69, 9.17) is 4.74 Å². The van der Waals surface area contributed by atoms with Crippen molar-refractivity contribution >= 4 is 11.8 Å². The predicted molar refractivity (Wildman–Crippen MR) is 81.3 cm³/mol. The molecule has 0 aliphatic heterocycles. The first kappa shape index (κ1) is 14.9. The molecular formula is C15H20N2O2S. The highest BCUT2D eigenvalue weighted by molar-refractivity contribution is 7.99. The van der Waals surface area contributed by atoms with Gasteiger partial charge in [0, 0.05) is 25.2 Å². The molecule has 1 heterocycles. The number of nitrogens with zero attached hydrogens (tertiary/aromatic N) is 2. The molecule has 0 bridgehead atoms. The van der Waals surface area contributed by atoms with E-state index in [1.54, 1.807) is 6.20 Å². The van der Waals surface area contributed by atoms with E-state index in [1.165, 1.54) is 11.8 Å². The third-order valence-corrected chi connectivity index (χ3v) is 4.21. The lowest BCUT2D eigenvalue weighted by Crippen LogP contribution is -2.20. The zero-order chi connectivity index (χ0) is 14.5. The van der Waals surface area contributed by atoms with Gasteiger partial charge in [-0.25, -0.2) is 4.98 Å². The Bertz CT molecular complexity index is 549. The maximum atomic E-state index is 10.00. The Kier molecular flexibility index (Phi) is 5.09. The molecule has 20 heavy (non-hydrogen) atoms. The van der Waals surface area contributed by atoms with Crippen molar-refractivity contribution in [2.45, 2.75) is 25.1 Å². The van der Waals surface area contributed by atoms with Crippen LogP contribution in [0.25, 0.3) is 0 Å². The number of benzene rings is 1. The summed E-state index contributed by atoms with van der Waals surface area (Å²) in [7, 11) is 1.94. The smallest absolute Gasteiger partial charge is 0.167 e. The van der Waals surface area contributed by atoms with Crippen LogP contribution in [0.4, 0.5) is 0 Å². The molecule has 0 aliphatic rings. The molecule has 1 unspecified atom stereocenters. The minimum Gasteiger partial charge on any atom is -0.490 e. The number of aliphatic hydroxyl groups excluding tert-OH is 1. The minimum absolute atomic E-state index is 0.295. The Balaban J connectivity index is 1.83. The average Bonchev–Trinajstić information content (AvgIpc) is 2.81. The van der Waals surface area contributed by atoms with Crippen LogP contribution in [0.2, 0.25) is 0 Å². The molecule has 0 amide bonds. The van der Waals surface area contributed by atoms with Gasteiger partial charge in [0.05, 0.1) is 6.10 Å². The van der Waals surface area contributed by atoms with Crippen LogP contribution in [0, 0.1) is 13.8 Å². The summed E-state index contributed by atoms with van der Waals surface area (Å²) in [5.41, 5.74) is 2.18. The lowest BCUT2D eigenvalue weighted by atomic mass is 10.1. The Labute approximate surface area is 123 Å². The van der Waals surface area contributed by atoms with Gasteiger partial charge in [0.2, 0.25) is 0 Å². The van der Waals surface area contributed by atoms with Crippen LogP contribution in [0.15, 0.2) is 35.7 Å². The van der Waals surface area contributed by atoms with E-state index in [2.05, 4.69) is 4.98 Å². The van der Waals surface area contributed by atoms with Gasteiger partial charge in [-0.05, 0) is 25.0 Å². The predicted octanol–water partition coefficient (Wildman–Crippen LogP) is 2.57. The molecule has 2 rings (SSSR count). The summed E-state index contributed by atoms with van der Waals surface area (Å²) >= 11 is 1.53. The van der Waals surface area contributed by atoms with Gasteiger partial charge in [0.15, 0.2) is 5.16 Å². The van der Waals surface area contributed by atoms with E-state index in [-0.39, 0.29) is 0 Å². The van der Waals surface area contributed by atoms with E-state index in [0.717, 1.165) is 22.0 Å². The number of thioether (sulfide) groups is 1. The third kappa shape index (κ3) is 3.77. The fourth-order valence-corrected chi connectivity index (χ4v) is 2.75. The topological polar surface area (TPSA) is 47.3 Å². The van der Waals surface area contributed by atoms with Crippen LogP contribution in [-0.4, -0.2) is 33.1 Å². The highest BCUT2D eigenvalue weighted by atomic mass is 32.2. The highest BCUT2D eigenvalue weighted by Gasteiger charge is 2.10. The van der Waals surface area contributed by atoms with Crippen molar-refractivity contribution in [2.75, 3.05) is 12.4 Å². The molecule has 1 atom stereocenters. The second-order valence-electron chi connectivity index (χ2n) is 4.82. The molecule has 5 heteroatoms. The molecule has 2 aromatic rings. The highest BCUT2D eigenvalue weighted by Crippen LogP contribution is 2.23. The molecule has 1 aromatic heterocycles. The van der Waals surface area contributed by atoms with Crippen molar-refractivity contribution in [3.8, 4) is 5.75 Å². The van der Waals surface area contributed by atoms with E-state index in [0.29, 0.717) is 12.4 Å². The third-order valence-electron chi connectivity index (χ3n) is 3.01. The number of aliphatic hydroxyl groups is 1. The largest absolute Gasteiger partial charge is 0.490 e. The molecule has 4 nitrogen and oxygen atoms in total. The standard InChI is InChI=1S/C15H20N2O2S/c1-11-5-4-6-12(2)14(11)19-9-13(18)10-20-15-16-7-8-17(15)3/h4-8,13,18H,9-10H2,1-3H3. The van der Waals surface area contributed by atoms with Gasteiger partial charge in [0.1, 0.15) is 12.4 Å². The van der Waals surface area contributed by atoms with Crippen LogP contribution < -0.4 is 4.74 Å². The zero-order valence-electron chi connectivity index (χ0n) is 12.0. The van der Waals surface area contributed by atoms with Crippen LogP contribution in [0.5, 0.6) is 5.75 Å². The minimum atomic E-state index is -0.518. The van der Waals surface area contributed by atoms with Gasteiger partial charge >= 0.3 is 0 Å². The number of imidazole rings is 1. The van der Waals surface area contributed by atoms with Crippen molar-refractivity contribution in [1.82, 2.24) is 9.55 Å². The Morgan fingerprint density at radius 3 is 2.65 bits per heavy atom. The average molecular weight is 292 g/mol. The van der Waals surface area contributed by atoms with E-state index < -0.39 is 6.10 Å². The van der Waals surface area contributed by atoms with Crippen molar-refractivity contribution < 1.29 is 9.84 Å². The van der Waals surface area contributed by atoms with Gasteiger partial charge in [-0.15, -0.1) is 0 Å². The number of aromatic nitrogens is 2. The molecule has 0 fully saturated rings. The van der Waals surface area contributed by atoms with E-state index in [1.807, 2.05) is 49.9 Å². The van der Waals surface area contributed by atoms with Crippen molar-refractivity contribution in [3.63, 3.8) is 0 Å². The molecule has 0 spiro atoms. The number of hydrogen-bond donors (Lipinski definition) is 1. The molecule has 1 N–H and O–H groups in total. The van der Waals surface area contributed by atoms with Crippen molar-refractivity contribution in [2.24, 2.45) is 7.05 Å². The first-order chi connectivity index (χ1) is 9.58. The van der Waals surface area contributed by atoms with Crippen LogP contribution >= 0.6 is 11.8 Å². The summed E-state index contributed by atoms with van der Waals surface area (Å²) in [6, 6.07) is 6.03. The van der Waals surface area contributed by atoms with Crippen molar-refractivity contribution in [1.29, 1.82) is 0 Å². The van der Waals surface area contributed by atoms with Crippen LogP contribution in [-0.2, 0) is 7.05 Å². The van der Waals surface area contributed by atoms with Gasteiger partial charge in [-0.1, -0.05) is 30.0 Å². The van der Waals surface area contributed by atoms with Gasteiger partial charge < -0.3 is 14.4 Å². The summed E-state index contributed by atoms with van der Waals surface area (Å²) in [6.07, 6.45) is 3.12. The second kappa shape index (κ2) is 6.81. The molecule has 0 saturated heterocycles. The number of ether oxygens (including phenoxy) is 1. The first-order valence-electron chi connectivity index (χ1n) is 6.55. The quantitative estimate of drug-likeness (QED) is 0.831. The van der Waals surface area contributed by atoms with Gasteiger partial charge in [0.25, 0.3) is 0 Å². The van der Waals surface area contributed by atoms with Gasteiger partial charge in [-0.2, -0.15) is 0 Å². The molecular weight excluding hydrogens is 272 g/mol. The molecule has 0 saturated carbocycles. The van der Waals surface area contributed by atoms with Crippen molar-refractivity contribution in [3.05, 3.63) is 41.7 Å². The maximum absolute atomic E-state index is 10.00. The molecule has 0 radical (unpaired) electrons. The maximum Gasteiger partial charge on any atom is 0.167 e. The lowest BCUT2D eigenvalue weighted by molar-refractivity contribution is 0.125. The fourth-order valence-electron chi connectivity index (χ4n) is 1.92. The first-order valence-corrected chi connectivity index (χ1v) is 7.53. The molecule has 0 aliphatic carbocycles. The van der Waals surface area contributed by atoms with E-state index >= 15 is 0 Å². The SMILES string of the molecule is Cc1cccc(C)c1OCC(O)CSc1nccn1C. The number of hydrogen-bond acceptors (Lipinski definition) is 4. The number of rotatable bonds is 6. The number of para-hydroxylation sites is 1. The fraction of sp³-hybridized carbons (Fsp3) is 0.400. The Morgan fingerprint density at radius 1 is 1.35 bits per heavy atom. The zero-order valence-corrected chi connectivity index (χ0v) is 12.9. The number of aryl methyl sites for hydroxylation is 3. The van der Waals surface area contributed by atoms with Crippen LogP contribution in [0.1, 0.15) is 11.1 Å². The molecule has 108 valence electrons. The second-order valence-corrected chi connectivity index (χ2v) is 5.80. The van der Waals surface area contributed by atoms with Crippen LogP contribution in [0.3, 0.4) is 0 Å². The lowest BCUT2D eigenvalue weighted by Gasteiger charge is -2.15. The summed E-state index contributed by atoms with van der Waals surface area (Å²) in [5, 5.41) is 10.9. The summed E-state index contributed by atoms with van der Waals surface area (Å²) < 4.78 is 7.67. The van der Waals surface area contributed by atoms with Gasteiger partial charge in [-0.3, -0.25) is 0 Å².